The first-order valence-corrected chi connectivity index (χ1v) is 8.96. The number of amides is 1. The minimum atomic E-state index is -0.281. The molecule has 3 aromatic heterocycles. The molecule has 1 aliphatic rings. The van der Waals surface area contributed by atoms with E-state index in [1.54, 1.807) is 17.9 Å². The van der Waals surface area contributed by atoms with Crippen molar-refractivity contribution >= 4 is 5.91 Å². The molecule has 0 radical (unpaired) electrons. The van der Waals surface area contributed by atoms with Crippen molar-refractivity contribution in [3.05, 3.63) is 53.2 Å². The summed E-state index contributed by atoms with van der Waals surface area (Å²) in [6, 6.07) is 5.05. The summed E-state index contributed by atoms with van der Waals surface area (Å²) in [6.07, 6.45) is 1.50. The van der Waals surface area contributed by atoms with Gasteiger partial charge in [-0.3, -0.25) is 14.4 Å². The van der Waals surface area contributed by atoms with Gasteiger partial charge in [-0.1, -0.05) is 5.16 Å². The van der Waals surface area contributed by atoms with Gasteiger partial charge in [-0.05, 0) is 25.2 Å². The Morgan fingerprint density at radius 1 is 1.36 bits per heavy atom. The highest BCUT2D eigenvalue weighted by Gasteiger charge is 2.26. The van der Waals surface area contributed by atoms with Gasteiger partial charge in [0.15, 0.2) is 11.5 Å². The van der Waals surface area contributed by atoms with Crippen molar-refractivity contribution < 1.29 is 14.4 Å². The lowest BCUT2D eigenvalue weighted by Crippen LogP contribution is -2.38. The zero-order chi connectivity index (χ0) is 19.7. The molecule has 28 heavy (non-hydrogen) atoms. The molecule has 4 rings (SSSR count). The molecule has 146 valence electrons. The van der Waals surface area contributed by atoms with E-state index >= 15 is 0 Å². The van der Waals surface area contributed by atoms with Crippen LogP contribution >= 0.6 is 0 Å². The fraction of sp³-hybridized carbons (Fsp3) is 0.389. The largest absolute Gasteiger partial charge is 0.505 e. The van der Waals surface area contributed by atoms with E-state index in [0.717, 1.165) is 11.4 Å². The summed E-state index contributed by atoms with van der Waals surface area (Å²) in [5, 5.41) is 18.4. The standard InChI is InChI=1S/C18H21N7O3/c1-12-20-16(22-28-12)11-23(2)9-13-8-14-10-24(6-7-25(14)21-13)18(27)17-15(26)4-3-5-19-17/h3-5,8,26H,6-7,9-11H2,1-2H3. The Bertz CT molecular complexity index is 997. The van der Waals surface area contributed by atoms with Crippen LogP contribution in [0.15, 0.2) is 28.9 Å². The number of aryl methyl sites for hydroxylation is 1. The molecule has 0 spiro atoms. The maximum Gasteiger partial charge on any atom is 0.276 e. The molecule has 1 N–H and O–H groups in total. The zero-order valence-corrected chi connectivity index (χ0v) is 15.7. The molecular weight excluding hydrogens is 362 g/mol. The molecule has 0 bridgehead atoms. The number of hydrogen-bond acceptors (Lipinski definition) is 8. The number of carbonyl (C=O) groups excluding carboxylic acids is 1. The number of rotatable bonds is 5. The minimum absolute atomic E-state index is 0.0748. The summed E-state index contributed by atoms with van der Waals surface area (Å²) < 4.78 is 6.91. The minimum Gasteiger partial charge on any atom is -0.505 e. The summed E-state index contributed by atoms with van der Waals surface area (Å²) >= 11 is 0. The van der Waals surface area contributed by atoms with E-state index in [9.17, 15) is 9.90 Å². The molecule has 0 saturated carbocycles. The fourth-order valence-electron chi connectivity index (χ4n) is 3.27. The molecule has 4 heterocycles. The maximum absolute atomic E-state index is 12.7. The molecule has 10 nitrogen and oxygen atoms in total. The third-order valence-electron chi connectivity index (χ3n) is 4.54. The van der Waals surface area contributed by atoms with Crippen LogP contribution in [-0.4, -0.2) is 59.3 Å². The molecule has 0 aliphatic carbocycles. The lowest BCUT2D eigenvalue weighted by Gasteiger charge is -2.27. The summed E-state index contributed by atoms with van der Waals surface area (Å²) in [6.45, 7) is 4.49. The molecule has 0 unspecified atom stereocenters. The van der Waals surface area contributed by atoms with Crippen molar-refractivity contribution in [2.24, 2.45) is 0 Å². The first-order valence-electron chi connectivity index (χ1n) is 8.96. The van der Waals surface area contributed by atoms with Crippen LogP contribution in [0.3, 0.4) is 0 Å². The highest BCUT2D eigenvalue weighted by atomic mass is 16.5. The summed E-state index contributed by atoms with van der Waals surface area (Å²) in [7, 11) is 1.96. The van der Waals surface area contributed by atoms with Gasteiger partial charge in [0.05, 0.1) is 31.0 Å². The predicted octanol–water partition coefficient (Wildman–Crippen LogP) is 0.963. The quantitative estimate of drug-likeness (QED) is 0.693. The Morgan fingerprint density at radius 2 is 2.21 bits per heavy atom. The molecular formula is C18H21N7O3. The average molecular weight is 383 g/mol. The Balaban J connectivity index is 1.42. The molecule has 0 saturated heterocycles. The number of hydrogen-bond donors (Lipinski definition) is 1. The van der Waals surface area contributed by atoms with Crippen LogP contribution in [-0.2, 0) is 26.2 Å². The van der Waals surface area contributed by atoms with Gasteiger partial charge in [-0.15, -0.1) is 0 Å². The van der Waals surface area contributed by atoms with Crippen LogP contribution in [0.5, 0.6) is 5.75 Å². The van der Waals surface area contributed by atoms with Crippen LogP contribution in [0.4, 0.5) is 0 Å². The zero-order valence-electron chi connectivity index (χ0n) is 15.7. The average Bonchev–Trinajstić information content (AvgIpc) is 3.25. The van der Waals surface area contributed by atoms with Gasteiger partial charge in [0.25, 0.3) is 5.91 Å². The second kappa shape index (κ2) is 7.39. The van der Waals surface area contributed by atoms with Crippen molar-refractivity contribution in [3.8, 4) is 5.75 Å². The van der Waals surface area contributed by atoms with E-state index in [1.165, 1.54) is 12.3 Å². The molecule has 3 aromatic rings. The van der Waals surface area contributed by atoms with E-state index in [0.29, 0.717) is 44.4 Å². The van der Waals surface area contributed by atoms with Gasteiger partial charge in [0, 0.05) is 26.2 Å². The van der Waals surface area contributed by atoms with Gasteiger partial charge < -0.3 is 14.5 Å². The highest BCUT2D eigenvalue weighted by molar-refractivity contribution is 5.94. The number of fused-ring (bicyclic) bond motifs is 1. The number of aromatic nitrogens is 5. The second-order valence-corrected chi connectivity index (χ2v) is 6.85. The number of pyridine rings is 1. The highest BCUT2D eigenvalue weighted by Crippen LogP contribution is 2.20. The Hall–Kier alpha value is -3.27. The third kappa shape index (κ3) is 3.72. The smallest absolute Gasteiger partial charge is 0.276 e. The number of nitrogens with zero attached hydrogens (tertiary/aromatic N) is 7. The van der Waals surface area contributed by atoms with Crippen molar-refractivity contribution in [2.45, 2.75) is 33.1 Å². The third-order valence-corrected chi connectivity index (χ3v) is 4.54. The van der Waals surface area contributed by atoms with Crippen LogP contribution < -0.4 is 0 Å². The Kier molecular flexibility index (Phi) is 4.78. The monoisotopic (exact) mass is 383 g/mol. The lowest BCUT2D eigenvalue weighted by molar-refractivity contribution is 0.0696. The first kappa shape index (κ1) is 18.1. The van der Waals surface area contributed by atoms with E-state index in [4.69, 9.17) is 4.52 Å². The van der Waals surface area contributed by atoms with Crippen molar-refractivity contribution in [1.29, 1.82) is 0 Å². The topological polar surface area (TPSA) is 113 Å². The first-order chi connectivity index (χ1) is 13.5. The van der Waals surface area contributed by atoms with Crippen LogP contribution in [0.2, 0.25) is 0 Å². The van der Waals surface area contributed by atoms with Crippen LogP contribution in [0.1, 0.15) is 33.6 Å². The molecule has 0 atom stereocenters. The van der Waals surface area contributed by atoms with Crippen molar-refractivity contribution in [1.82, 2.24) is 34.7 Å². The maximum atomic E-state index is 12.7. The van der Waals surface area contributed by atoms with Crippen molar-refractivity contribution in [2.75, 3.05) is 13.6 Å². The van der Waals surface area contributed by atoms with Crippen LogP contribution in [0, 0.1) is 6.92 Å². The summed E-state index contributed by atoms with van der Waals surface area (Å²) in [5.41, 5.74) is 1.94. The van der Waals surface area contributed by atoms with Gasteiger partial charge in [-0.2, -0.15) is 10.1 Å². The lowest BCUT2D eigenvalue weighted by atomic mass is 10.2. The molecule has 0 aromatic carbocycles. The number of carbonyl (C=O) groups is 1. The van der Waals surface area contributed by atoms with Gasteiger partial charge in [0.1, 0.15) is 5.75 Å². The predicted molar refractivity (Wildman–Crippen MR) is 97.1 cm³/mol. The second-order valence-electron chi connectivity index (χ2n) is 6.85. The van der Waals surface area contributed by atoms with E-state index in [2.05, 4.69) is 20.2 Å². The van der Waals surface area contributed by atoms with E-state index in [-0.39, 0.29) is 17.4 Å². The SMILES string of the molecule is Cc1nc(CN(C)Cc2cc3n(n2)CCN(C(=O)c2ncccc2O)C3)no1. The van der Waals surface area contributed by atoms with Gasteiger partial charge in [-0.25, -0.2) is 4.98 Å². The summed E-state index contributed by atoms with van der Waals surface area (Å²) in [4.78, 5) is 24.6. The van der Waals surface area contributed by atoms with Gasteiger partial charge >= 0.3 is 0 Å². The fourth-order valence-corrected chi connectivity index (χ4v) is 3.27. The molecule has 0 fully saturated rings. The van der Waals surface area contributed by atoms with E-state index in [1.807, 2.05) is 22.7 Å². The van der Waals surface area contributed by atoms with Crippen LogP contribution in [0.25, 0.3) is 0 Å². The van der Waals surface area contributed by atoms with Gasteiger partial charge in [0.2, 0.25) is 5.89 Å². The molecule has 1 aliphatic heterocycles. The summed E-state index contributed by atoms with van der Waals surface area (Å²) in [5.74, 6) is 0.794. The molecule has 10 heteroatoms. The molecule has 1 amide bonds. The normalized spacial score (nSPS) is 13.8. The Morgan fingerprint density at radius 3 is 2.96 bits per heavy atom. The van der Waals surface area contributed by atoms with E-state index < -0.39 is 0 Å². The number of aromatic hydroxyl groups is 1. The Labute approximate surface area is 161 Å². The van der Waals surface area contributed by atoms with Crippen molar-refractivity contribution in [3.63, 3.8) is 0 Å².